The van der Waals surface area contributed by atoms with Gasteiger partial charge in [-0.15, -0.1) is 0 Å². The Morgan fingerprint density at radius 3 is 2.72 bits per heavy atom. The molecule has 3 aromatic rings. The number of imidazole rings is 1. The van der Waals surface area contributed by atoms with Gasteiger partial charge in [-0.2, -0.15) is 0 Å². The number of anilines is 3. The molecule has 7 heteroatoms. The second-order valence-corrected chi connectivity index (χ2v) is 6.70. The first-order valence-corrected chi connectivity index (χ1v) is 8.83. The Hall–Kier alpha value is -2.11. The number of benzene rings is 2. The average molecular weight is 379 g/mol. The fourth-order valence-corrected chi connectivity index (χ4v) is 3.16. The second kappa shape index (κ2) is 7.02. The Labute approximate surface area is 156 Å². The maximum Gasteiger partial charge on any atom is 0.208 e. The summed E-state index contributed by atoms with van der Waals surface area (Å²) in [5, 5.41) is 17.6. The van der Waals surface area contributed by atoms with E-state index in [0.717, 1.165) is 29.7 Å². The Morgan fingerprint density at radius 1 is 1.24 bits per heavy atom. The molecule has 132 valence electrons. The van der Waals surface area contributed by atoms with Gasteiger partial charge in [-0.3, -0.25) is 0 Å². The van der Waals surface area contributed by atoms with Crippen LogP contribution in [-0.4, -0.2) is 21.2 Å². The standard InChI is InChI=1S/C18H20Cl2N4O/c1-4-8-21-12-6-5-7-13-16(12)24(3)18(22-13)23-14-9-11(19)10(2)15(20)17(14)25/h5-7,9,21,25H,4,8H2,1-3H3,(H,22,23). The highest BCUT2D eigenvalue weighted by Crippen LogP contribution is 2.40. The highest BCUT2D eigenvalue weighted by molar-refractivity contribution is 6.37. The van der Waals surface area contributed by atoms with Gasteiger partial charge in [0.15, 0.2) is 5.75 Å². The summed E-state index contributed by atoms with van der Waals surface area (Å²) in [4.78, 5) is 4.61. The molecule has 1 aromatic heterocycles. The minimum Gasteiger partial charge on any atom is -0.504 e. The number of phenols is 1. The van der Waals surface area contributed by atoms with Crippen LogP contribution < -0.4 is 10.6 Å². The van der Waals surface area contributed by atoms with Crippen molar-refractivity contribution in [3.63, 3.8) is 0 Å². The Balaban J connectivity index is 2.05. The third-order valence-electron chi connectivity index (χ3n) is 4.13. The minimum absolute atomic E-state index is 0.0417. The highest BCUT2D eigenvalue weighted by atomic mass is 35.5. The molecule has 0 radical (unpaired) electrons. The smallest absolute Gasteiger partial charge is 0.208 e. The first kappa shape index (κ1) is 17.7. The molecule has 1 heterocycles. The number of aromatic nitrogens is 2. The van der Waals surface area contributed by atoms with Crippen molar-refractivity contribution < 1.29 is 5.11 Å². The quantitative estimate of drug-likeness (QED) is 0.515. The van der Waals surface area contributed by atoms with Crippen molar-refractivity contribution in [3.05, 3.63) is 39.9 Å². The molecule has 0 aliphatic carbocycles. The van der Waals surface area contributed by atoms with Crippen molar-refractivity contribution in [3.8, 4) is 5.75 Å². The number of rotatable bonds is 5. The molecular formula is C18H20Cl2N4O. The summed E-state index contributed by atoms with van der Waals surface area (Å²) in [6.45, 7) is 4.77. The summed E-state index contributed by atoms with van der Waals surface area (Å²) in [6.07, 6.45) is 1.04. The van der Waals surface area contributed by atoms with Crippen LogP contribution in [0.15, 0.2) is 24.3 Å². The van der Waals surface area contributed by atoms with E-state index >= 15 is 0 Å². The van der Waals surface area contributed by atoms with E-state index in [0.29, 0.717) is 22.2 Å². The molecule has 0 saturated heterocycles. The molecule has 0 spiro atoms. The van der Waals surface area contributed by atoms with Gasteiger partial charge >= 0.3 is 0 Å². The van der Waals surface area contributed by atoms with E-state index in [1.807, 2.05) is 29.8 Å². The summed E-state index contributed by atoms with van der Waals surface area (Å²) in [7, 11) is 1.92. The first-order chi connectivity index (χ1) is 11.9. The van der Waals surface area contributed by atoms with Crippen molar-refractivity contribution in [2.45, 2.75) is 20.3 Å². The molecule has 0 fully saturated rings. The molecule has 5 nitrogen and oxygen atoms in total. The van der Waals surface area contributed by atoms with Crippen molar-refractivity contribution in [1.29, 1.82) is 0 Å². The lowest BCUT2D eigenvalue weighted by atomic mass is 10.2. The van der Waals surface area contributed by atoms with E-state index in [-0.39, 0.29) is 10.8 Å². The Morgan fingerprint density at radius 2 is 2.00 bits per heavy atom. The van der Waals surface area contributed by atoms with Crippen LogP contribution in [-0.2, 0) is 7.05 Å². The number of aromatic hydroxyl groups is 1. The van der Waals surface area contributed by atoms with E-state index in [4.69, 9.17) is 23.2 Å². The third-order valence-corrected chi connectivity index (χ3v) is 4.98. The fourth-order valence-electron chi connectivity index (χ4n) is 2.70. The van der Waals surface area contributed by atoms with Gasteiger partial charge in [-0.1, -0.05) is 36.2 Å². The van der Waals surface area contributed by atoms with Crippen LogP contribution in [0.3, 0.4) is 0 Å². The number of halogens is 2. The van der Waals surface area contributed by atoms with Crippen LogP contribution >= 0.6 is 23.2 Å². The number of hydrogen-bond donors (Lipinski definition) is 3. The van der Waals surface area contributed by atoms with Crippen molar-refractivity contribution in [2.75, 3.05) is 17.2 Å². The Kier molecular flexibility index (Phi) is 4.97. The molecule has 0 unspecified atom stereocenters. The number of hydrogen-bond acceptors (Lipinski definition) is 4. The predicted molar refractivity (Wildman–Crippen MR) is 106 cm³/mol. The third kappa shape index (κ3) is 3.22. The molecule has 0 atom stereocenters. The number of nitrogens with zero attached hydrogens (tertiary/aromatic N) is 2. The highest BCUT2D eigenvalue weighted by Gasteiger charge is 2.16. The van der Waals surface area contributed by atoms with Gasteiger partial charge in [-0.25, -0.2) is 4.98 Å². The number of phenolic OH excluding ortho intramolecular Hbond substituents is 1. The Bertz CT molecular complexity index is 937. The van der Waals surface area contributed by atoms with E-state index in [2.05, 4.69) is 22.5 Å². The summed E-state index contributed by atoms with van der Waals surface area (Å²) >= 11 is 12.3. The fraction of sp³-hybridized carbons (Fsp3) is 0.278. The lowest BCUT2D eigenvalue weighted by Gasteiger charge is -2.13. The summed E-state index contributed by atoms with van der Waals surface area (Å²) < 4.78 is 1.94. The largest absolute Gasteiger partial charge is 0.504 e. The maximum absolute atomic E-state index is 10.3. The van der Waals surface area contributed by atoms with Crippen molar-refractivity contribution >= 4 is 51.6 Å². The first-order valence-electron chi connectivity index (χ1n) is 8.08. The topological polar surface area (TPSA) is 62.1 Å². The van der Waals surface area contributed by atoms with E-state index in [9.17, 15) is 5.11 Å². The summed E-state index contributed by atoms with van der Waals surface area (Å²) in [5.41, 5.74) is 3.92. The van der Waals surface area contributed by atoms with Gasteiger partial charge in [0.2, 0.25) is 5.95 Å². The van der Waals surface area contributed by atoms with Crippen molar-refractivity contribution in [2.24, 2.45) is 7.05 Å². The minimum atomic E-state index is -0.0417. The predicted octanol–water partition coefficient (Wildman–Crippen LogP) is 5.46. The zero-order valence-electron chi connectivity index (χ0n) is 14.3. The SMILES string of the molecule is CCCNc1cccc2nc(Nc3cc(Cl)c(C)c(Cl)c3O)n(C)c12. The molecule has 0 amide bonds. The molecule has 0 aliphatic rings. The van der Waals surface area contributed by atoms with Crippen LogP contribution in [0.25, 0.3) is 11.0 Å². The molecular weight excluding hydrogens is 359 g/mol. The van der Waals surface area contributed by atoms with Gasteiger partial charge in [0.05, 0.1) is 27.4 Å². The van der Waals surface area contributed by atoms with Crippen LogP contribution in [0.2, 0.25) is 10.0 Å². The van der Waals surface area contributed by atoms with Crippen LogP contribution in [0.1, 0.15) is 18.9 Å². The van der Waals surface area contributed by atoms with Gasteiger partial charge in [-0.05, 0) is 37.1 Å². The van der Waals surface area contributed by atoms with Crippen LogP contribution in [0.4, 0.5) is 17.3 Å². The van der Waals surface area contributed by atoms with Crippen LogP contribution in [0.5, 0.6) is 5.75 Å². The maximum atomic E-state index is 10.3. The molecule has 0 bridgehead atoms. The molecule has 0 aliphatic heterocycles. The molecule has 3 N–H and O–H groups in total. The van der Waals surface area contributed by atoms with Crippen LogP contribution in [0, 0.1) is 6.92 Å². The number of fused-ring (bicyclic) bond motifs is 1. The van der Waals surface area contributed by atoms with E-state index in [1.165, 1.54) is 0 Å². The normalized spacial score (nSPS) is 11.1. The molecule has 25 heavy (non-hydrogen) atoms. The van der Waals surface area contributed by atoms with Gasteiger partial charge in [0.25, 0.3) is 0 Å². The lowest BCUT2D eigenvalue weighted by molar-refractivity contribution is 0.477. The number of aryl methyl sites for hydroxylation is 1. The molecule has 0 saturated carbocycles. The van der Waals surface area contributed by atoms with E-state index in [1.54, 1.807) is 13.0 Å². The van der Waals surface area contributed by atoms with Gasteiger partial charge < -0.3 is 20.3 Å². The zero-order valence-corrected chi connectivity index (χ0v) is 15.8. The zero-order chi connectivity index (χ0) is 18.1. The lowest BCUT2D eigenvalue weighted by Crippen LogP contribution is -2.03. The number of nitrogens with one attached hydrogen (secondary N) is 2. The van der Waals surface area contributed by atoms with Gasteiger partial charge in [0, 0.05) is 18.6 Å². The summed E-state index contributed by atoms with van der Waals surface area (Å²) in [5.74, 6) is 0.548. The molecule has 2 aromatic carbocycles. The second-order valence-electron chi connectivity index (χ2n) is 5.91. The van der Waals surface area contributed by atoms with Gasteiger partial charge in [0.1, 0.15) is 0 Å². The van der Waals surface area contributed by atoms with Crippen molar-refractivity contribution in [1.82, 2.24) is 9.55 Å². The number of para-hydroxylation sites is 1. The summed E-state index contributed by atoms with van der Waals surface area (Å²) in [6, 6.07) is 7.59. The molecule has 3 rings (SSSR count). The monoisotopic (exact) mass is 378 g/mol. The average Bonchev–Trinajstić information content (AvgIpc) is 2.92. The van der Waals surface area contributed by atoms with E-state index < -0.39 is 0 Å².